The van der Waals surface area contributed by atoms with Gasteiger partial charge in [0, 0.05) is 162 Å². The number of rotatable bonds is 8. The molecule has 16 nitrogen and oxygen atoms in total. The van der Waals surface area contributed by atoms with Crippen LogP contribution in [0, 0.1) is 138 Å². The van der Waals surface area contributed by atoms with E-state index >= 15 is 0 Å². The van der Waals surface area contributed by atoms with Crippen molar-refractivity contribution in [3.63, 3.8) is 0 Å². The van der Waals surface area contributed by atoms with Crippen LogP contribution in [0.25, 0.3) is 114 Å². The lowest BCUT2D eigenvalue weighted by Gasteiger charge is -2.13. The third kappa shape index (κ3) is 12.7. The summed E-state index contributed by atoms with van der Waals surface area (Å²) in [5.41, 5.74) is 36.4. The van der Waals surface area contributed by atoms with Crippen LogP contribution in [-0.4, -0.2) is 55.8 Å². The first kappa shape index (κ1) is 63.7. The van der Waals surface area contributed by atoms with Crippen LogP contribution < -0.4 is 18.3 Å². The zero-order valence-electron chi connectivity index (χ0n) is 76.5. The summed E-state index contributed by atoms with van der Waals surface area (Å²) in [5.74, 6) is 3.33. The molecule has 0 bridgehead atoms. The molecule has 16 rings (SSSR count). The summed E-state index contributed by atoms with van der Waals surface area (Å²) in [6, 6.07) is 37.3. The zero-order valence-corrected chi connectivity index (χ0v) is 67.5. The van der Waals surface area contributed by atoms with Crippen LogP contribution >= 0.6 is 0 Å². The maximum absolute atomic E-state index is 8.16. The molecule has 16 aromatic rings. The molecular weight excluding hydrogens is 1330 g/mol. The van der Waals surface area contributed by atoms with Crippen LogP contribution in [0.2, 0.25) is 0 Å². The Balaban J connectivity index is 0.000000136. The van der Waals surface area contributed by atoms with E-state index in [1.165, 1.54) is 95.6 Å². The Kier molecular flexibility index (Phi) is 16.9. The van der Waals surface area contributed by atoms with Crippen molar-refractivity contribution < 1.29 is 30.6 Å². The molecule has 0 aliphatic carbocycles. The number of nitrogens with zero attached hydrogens (tertiary/aromatic N) is 16. The largest absolute Gasteiger partial charge is 0.308 e. The summed E-state index contributed by atoms with van der Waals surface area (Å²) in [4.78, 5) is 18.3. The molecule has 0 saturated carbocycles. The number of fused-ring (bicyclic) bond motifs is 4. The van der Waals surface area contributed by atoms with Crippen LogP contribution in [0.4, 0.5) is 0 Å². The highest BCUT2D eigenvalue weighted by Crippen LogP contribution is 2.36. The summed E-state index contributed by atoms with van der Waals surface area (Å²) < 4.78 is 97.3. The van der Waals surface area contributed by atoms with Crippen LogP contribution in [0.5, 0.6) is 0 Å². The molecule has 0 fully saturated rings. The van der Waals surface area contributed by atoms with Crippen molar-refractivity contribution in [1.29, 1.82) is 0 Å². The smallest absolute Gasteiger partial charge is 0.233 e. The van der Waals surface area contributed by atoms with E-state index in [0.29, 0.717) is 28.3 Å². The normalized spacial score (nSPS) is 13.1. The van der Waals surface area contributed by atoms with E-state index in [9.17, 15) is 0 Å². The van der Waals surface area contributed by atoms with Crippen molar-refractivity contribution in [3.8, 4) is 90.6 Å². The van der Waals surface area contributed by atoms with Gasteiger partial charge in [-0.3, -0.25) is 17.6 Å². The van der Waals surface area contributed by atoms with Gasteiger partial charge in [0.25, 0.3) is 0 Å². The first-order valence-electron chi connectivity index (χ1n) is 41.3. The second-order valence-electron chi connectivity index (χ2n) is 29.8. The summed E-state index contributed by atoms with van der Waals surface area (Å²) in [7, 11) is 16.2. The van der Waals surface area contributed by atoms with E-state index in [2.05, 4.69) is 214 Å². The van der Waals surface area contributed by atoms with Crippen molar-refractivity contribution in [2.24, 2.45) is 56.4 Å². The number of hydrogen-bond acceptors (Lipinski definition) is 4. The molecule has 0 saturated heterocycles. The molecule has 0 N–H and O–H groups in total. The Bertz CT molecular complexity index is 6660. The molecule has 108 heavy (non-hydrogen) atoms. The molecule has 0 radical (unpaired) electrons. The Morgan fingerprint density at radius 1 is 0.296 bits per heavy atom. The minimum Gasteiger partial charge on any atom is -0.308 e. The van der Waals surface area contributed by atoms with Crippen LogP contribution in [-0.2, 0) is 56.4 Å². The fourth-order valence-electron chi connectivity index (χ4n) is 16.4. The van der Waals surface area contributed by atoms with Gasteiger partial charge >= 0.3 is 0 Å². The molecule has 4 aromatic carbocycles. The highest BCUT2D eigenvalue weighted by Gasteiger charge is 2.32. The molecule has 16 heteroatoms. The summed E-state index contributed by atoms with van der Waals surface area (Å²) in [6.45, 7) is 28.6. The van der Waals surface area contributed by atoms with Gasteiger partial charge in [0.2, 0.25) is 68.7 Å². The predicted molar refractivity (Wildman–Crippen MR) is 440 cm³/mol. The number of benzene rings is 4. The maximum Gasteiger partial charge on any atom is 0.233 e. The third-order valence-corrected chi connectivity index (χ3v) is 22.3. The Morgan fingerprint density at radius 3 is 1.03 bits per heavy atom. The van der Waals surface area contributed by atoms with E-state index < -0.39 is 20.6 Å². The van der Waals surface area contributed by atoms with Crippen LogP contribution in [0.15, 0.2) is 146 Å². The van der Waals surface area contributed by atoms with Crippen molar-refractivity contribution in [2.45, 2.75) is 138 Å². The van der Waals surface area contributed by atoms with Gasteiger partial charge in [0.15, 0.2) is 0 Å². The number of aromatic nitrogens is 16. The fourth-order valence-corrected chi connectivity index (χ4v) is 16.4. The SMILES string of the molecule is Cc1ccc(C)c(-c2c(C)cc(C)c(-c3cn4c(C)c(C)nc4n3C)[n+]2C)c1.Cc1ccccc1-c1c(C)cc(C)c(-c2cn3c(C)c(C)nc3n2C)[n+]1C.[2H]C([2H])([2H])c1cc(C)c(-c2cn3c(C)c(C([2H])([2H])[2H])nc3n2C)[n+](C)c1-c1ccccc1C.[2H]C([2H])([2H])c1cc(C)c(-c2cn3ccnc3n2C)[n+](C)c1-c1ccc(C)cc1C. The third-order valence-electron chi connectivity index (χ3n) is 22.3. The standard InChI is InChI=1S/C24H29N4.2C23H27N4.C22H25N4/c1-14-9-10-15(2)20(11-14)22-16(3)12-17(4)23(27(22)8)21-13-28-19(6)18(5)25-24(28)26(21)7;2*1-14-10-8-9-11-19(14)21-15(2)12-16(3)22(26(21)7)20-13-27-18(5)17(4)24-23(27)25(20)6;1-14-7-8-18(15(2)11-14)20-16(3)12-17(4)21(25(20)6)19-13-26-10-9-23-22(26)24(19)5/h9-13H,1-8H3;2*8-13H,1-7H3;7-13H,1-6H3/q4*+1/i;2D3,4D3;;3D3. The molecule has 0 atom stereocenters. The second-order valence-corrected chi connectivity index (χ2v) is 29.8. The van der Waals surface area contributed by atoms with Crippen molar-refractivity contribution in [1.82, 2.24) is 55.8 Å². The van der Waals surface area contributed by atoms with Gasteiger partial charge in [0.1, 0.15) is 51.0 Å². The quantitative estimate of drug-likeness (QED) is 0.141. The molecule has 0 aliphatic heterocycles. The van der Waals surface area contributed by atoms with Gasteiger partial charge in [-0.05, 0) is 209 Å². The van der Waals surface area contributed by atoms with E-state index in [-0.39, 0.29) is 5.69 Å². The molecule has 0 unspecified atom stereocenters. The minimum atomic E-state index is -2.30. The first-order valence-corrected chi connectivity index (χ1v) is 36.8. The van der Waals surface area contributed by atoms with Gasteiger partial charge in [0.05, 0.1) is 17.1 Å². The average Bonchev–Trinajstić information content (AvgIpc) is 1.54. The molecule has 0 spiro atoms. The summed E-state index contributed by atoms with van der Waals surface area (Å²) >= 11 is 0. The van der Waals surface area contributed by atoms with Crippen molar-refractivity contribution in [3.05, 3.63) is 258 Å². The highest BCUT2D eigenvalue weighted by atomic mass is 15.2. The summed E-state index contributed by atoms with van der Waals surface area (Å²) in [5, 5.41) is 0. The number of pyridine rings is 4. The van der Waals surface area contributed by atoms with E-state index in [4.69, 9.17) is 22.3 Å². The minimum absolute atomic E-state index is 0.0825. The average molecular weight is 1450 g/mol. The molecular formula is C92H108N16+4. The van der Waals surface area contributed by atoms with Gasteiger partial charge in [-0.2, -0.15) is 18.3 Å². The predicted octanol–water partition coefficient (Wildman–Crippen LogP) is 17.5. The van der Waals surface area contributed by atoms with Crippen LogP contribution in [0.3, 0.4) is 0 Å². The Morgan fingerprint density at radius 2 is 0.630 bits per heavy atom. The van der Waals surface area contributed by atoms with Crippen LogP contribution in [0.1, 0.15) is 124 Å². The first-order chi connectivity index (χ1) is 54.8. The van der Waals surface area contributed by atoms with Gasteiger partial charge in [-0.1, -0.05) is 71.8 Å². The molecule has 12 aromatic heterocycles. The topological polar surface area (TPSA) is 104 Å². The molecule has 0 amide bonds. The Hall–Kier alpha value is -11.5. The lowest BCUT2D eigenvalue weighted by molar-refractivity contribution is -0.650. The van der Waals surface area contributed by atoms with Crippen molar-refractivity contribution in [2.75, 3.05) is 0 Å². The van der Waals surface area contributed by atoms with Gasteiger partial charge < -0.3 is 18.3 Å². The highest BCUT2D eigenvalue weighted by molar-refractivity contribution is 5.73. The molecule has 0 aliphatic rings. The lowest BCUT2D eigenvalue weighted by atomic mass is 9.97. The lowest BCUT2D eigenvalue weighted by Crippen LogP contribution is -2.36. The zero-order chi connectivity index (χ0) is 85.3. The van der Waals surface area contributed by atoms with Crippen molar-refractivity contribution >= 4 is 23.1 Å². The summed E-state index contributed by atoms with van der Waals surface area (Å²) in [6.07, 6.45) is 12.0. The number of aryl methyl sites for hydroxylation is 24. The molecule has 12 heterocycles. The van der Waals surface area contributed by atoms with Gasteiger partial charge in [-0.25, -0.2) is 19.9 Å². The fraction of sp³-hybridized carbons (Fsp3) is 0.304. The number of hydrogen-bond donors (Lipinski definition) is 0. The van der Waals surface area contributed by atoms with E-state index in [0.717, 1.165) is 96.1 Å². The van der Waals surface area contributed by atoms with Gasteiger partial charge in [-0.15, -0.1) is 0 Å². The second kappa shape index (κ2) is 28.6. The maximum atomic E-state index is 8.16. The molecule has 552 valence electrons. The monoisotopic (exact) mass is 1450 g/mol. The van der Waals surface area contributed by atoms with E-state index in [1.54, 1.807) is 23.6 Å². The Labute approximate surface area is 650 Å². The van der Waals surface area contributed by atoms with E-state index in [1.807, 2.05) is 147 Å². The number of imidazole rings is 8.